The first kappa shape index (κ1) is 17.1. The average Bonchev–Trinajstić information content (AvgIpc) is 2.92. The molecule has 0 unspecified atom stereocenters. The van der Waals surface area contributed by atoms with Gasteiger partial charge in [-0.25, -0.2) is 4.68 Å². The number of aromatic nitrogens is 3. The smallest absolute Gasteiger partial charge is 0.214 e. The molecule has 2 N–H and O–H groups in total. The van der Waals surface area contributed by atoms with E-state index in [4.69, 9.17) is 26.4 Å². The van der Waals surface area contributed by atoms with Gasteiger partial charge in [0.2, 0.25) is 10.5 Å². The lowest BCUT2D eigenvalue weighted by Crippen LogP contribution is -2.17. The molecule has 0 spiro atoms. The van der Waals surface area contributed by atoms with Gasteiger partial charge in [-0.15, -0.1) is 0 Å². The van der Waals surface area contributed by atoms with Gasteiger partial charge in [0.1, 0.15) is 0 Å². The number of benzene rings is 1. The van der Waals surface area contributed by atoms with Gasteiger partial charge >= 0.3 is 0 Å². The number of methoxy groups -OCH3 is 3. The lowest BCUT2D eigenvalue weighted by molar-refractivity contribution is 0.324. The zero-order valence-electron chi connectivity index (χ0n) is 13.8. The van der Waals surface area contributed by atoms with Gasteiger partial charge in [0, 0.05) is 6.42 Å². The Balaban J connectivity index is 2.24. The molecule has 0 saturated carbocycles. The van der Waals surface area contributed by atoms with Gasteiger partial charge in [-0.2, -0.15) is 5.10 Å². The Hall–Kier alpha value is -2.22. The fraction of sp³-hybridized carbons (Fsp3) is 0.467. The maximum atomic E-state index is 5.36. The van der Waals surface area contributed by atoms with E-state index >= 15 is 0 Å². The summed E-state index contributed by atoms with van der Waals surface area (Å²) >= 11 is 5.25. The summed E-state index contributed by atoms with van der Waals surface area (Å²) in [4.78, 5) is 0. The summed E-state index contributed by atoms with van der Waals surface area (Å²) in [5.41, 5.74) is 4.25. The van der Waals surface area contributed by atoms with Crippen LogP contribution in [0.3, 0.4) is 0 Å². The minimum Gasteiger partial charge on any atom is -0.493 e. The van der Waals surface area contributed by atoms with Crippen LogP contribution in [0.4, 0.5) is 0 Å². The Labute approximate surface area is 140 Å². The van der Waals surface area contributed by atoms with Crippen molar-refractivity contribution in [3.8, 4) is 17.2 Å². The zero-order valence-corrected chi connectivity index (χ0v) is 14.6. The van der Waals surface area contributed by atoms with Crippen molar-refractivity contribution in [2.24, 2.45) is 0 Å². The highest BCUT2D eigenvalue weighted by Crippen LogP contribution is 2.38. The molecule has 0 aliphatic carbocycles. The average molecular weight is 338 g/mol. The predicted molar refractivity (Wildman–Crippen MR) is 90.6 cm³/mol. The van der Waals surface area contributed by atoms with E-state index in [2.05, 4.69) is 22.5 Å². The molecule has 7 nitrogen and oxygen atoms in total. The molecule has 0 atom stereocenters. The number of H-pyrrole nitrogens is 1. The first-order valence-electron chi connectivity index (χ1n) is 7.33. The molecule has 2 aromatic rings. The van der Waals surface area contributed by atoms with Gasteiger partial charge in [0.15, 0.2) is 17.3 Å². The van der Waals surface area contributed by atoms with E-state index < -0.39 is 0 Å². The third kappa shape index (κ3) is 3.76. The number of nitrogens with one attached hydrogen (secondary N) is 2. The topological polar surface area (TPSA) is 73.3 Å². The summed E-state index contributed by atoms with van der Waals surface area (Å²) in [5, 5.41) is 7.03. The Bertz CT molecular complexity index is 686. The van der Waals surface area contributed by atoms with E-state index in [1.54, 1.807) is 26.0 Å². The van der Waals surface area contributed by atoms with Crippen LogP contribution < -0.4 is 19.6 Å². The van der Waals surface area contributed by atoms with Crippen LogP contribution in [0.5, 0.6) is 17.2 Å². The van der Waals surface area contributed by atoms with Crippen molar-refractivity contribution in [3.63, 3.8) is 0 Å². The molecule has 8 heteroatoms. The van der Waals surface area contributed by atoms with Crippen LogP contribution in [-0.2, 0) is 13.0 Å². The minimum atomic E-state index is 0.542. The molecule has 0 bridgehead atoms. The van der Waals surface area contributed by atoms with Crippen molar-refractivity contribution in [2.45, 2.75) is 26.3 Å². The summed E-state index contributed by atoms with van der Waals surface area (Å²) < 4.78 is 18.4. The Kier molecular flexibility index (Phi) is 5.86. The third-order valence-electron chi connectivity index (χ3n) is 3.38. The lowest BCUT2D eigenvalue weighted by atomic mass is 10.2. The largest absolute Gasteiger partial charge is 0.493 e. The number of aryl methyl sites for hydroxylation is 1. The summed E-state index contributed by atoms with van der Waals surface area (Å²) in [7, 11) is 4.78. The molecule has 23 heavy (non-hydrogen) atoms. The quantitative estimate of drug-likeness (QED) is 0.721. The highest BCUT2D eigenvalue weighted by molar-refractivity contribution is 7.71. The molecule has 0 aliphatic rings. The van der Waals surface area contributed by atoms with Gasteiger partial charge < -0.3 is 19.6 Å². The fourth-order valence-corrected chi connectivity index (χ4v) is 2.51. The number of ether oxygens (including phenoxy) is 3. The second-order valence-corrected chi connectivity index (χ2v) is 5.29. The maximum Gasteiger partial charge on any atom is 0.214 e. The molecule has 1 heterocycles. The Morgan fingerprint density at radius 3 is 2.35 bits per heavy atom. The van der Waals surface area contributed by atoms with Crippen molar-refractivity contribution < 1.29 is 14.2 Å². The molecule has 0 radical (unpaired) electrons. The van der Waals surface area contributed by atoms with Gasteiger partial charge in [-0.3, -0.25) is 5.10 Å². The van der Waals surface area contributed by atoms with Crippen LogP contribution in [0.1, 0.15) is 24.7 Å². The standard InChI is InChI=1S/C15H22N4O3S/c1-5-6-13-17-18-15(23)19(13)16-9-10-7-11(20-2)14(22-4)12(8-10)21-3/h7-8,16H,5-6,9H2,1-4H3,(H,18,23). The monoisotopic (exact) mass is 338 g/mol. The molecule has 1 aromatic heterocycles. The molecule has 2 rings (SSSR count). The van der Waals surface area contributed by atoms with E-state index in [0.717, 1.165) is 24.2 Å². The van der Waals surface area contributed by atoms with Crippen molar-refractivity contribution in [1.29, 1.82) is 0 Å². The van der Waals surface area contributed by atoms with Gasteiger partial charge in [0.25, 0.3) is 0 Å². The number of hydrogen-bond donors (Lipinski definition) is 2. The van der Waals surface area contributed by atoms with E-state index in [1.165, 1.54) is 0 Å². The molecular weight excluding hydrogens is 316 g/mol. The molecule has 126 valence electrons. The Morgan fingerprint density at radius 1 is 1.17 bits per heavy atom. The molecular formula is C15H22N4O3S. The second kappa shape index (κ2) is 7.87. The number of rotatable bonds is 8. The van der Waals surface area contributed by atoms with Crippen molar-refractivity contribution in [3.05, 3.63) is 28.3 Å². The summed E-state index contributed by atoms with van der Waals surface area (Å²) in [6.07, 6.45) is 1.83. The van der Waals surface area contributed by atoms with Crippen LogP contribution in [0.15, 0.2) is 12.1 Å². The third-order valence-corrected chi connectivity index (χ3v) is 3.66. The second-order valence-electron chi connectivity index (χ2n) is 4.90. The lowest BCUT2D eigenvalue weighted by Gasteiger charge is -2.15. The predicted octanol–water partition coefficient (Wildman–Crippen LogP) is 2.66. The van der Waals surface area contributed by atoms with Crippen LogP contribution in [-0.4, -0.2) is 36.2 Å². The van der Waals surface area contributed by atoms with Crippen molar-refractivity contribution in [2.75, 3.05) is 26.8 Å². The highest BCUT2D eigenvalue weighted by atomic mass is 32.1. The maximum absolute atomic E-state index is 5.36. The SMILES string of the molecule is CCCc1n[nH]c(=S)n1NCc1cc(OC)c(OC)c(OC)c1. The Morgan fingerprint density at radius 2 is 1.83 bits per heavy atom. The summed E-state index contributed by atoms with van der Waals surface area (Å²) in [6.45, 7) is 2.64. The molecule has 1 aromatic carbocycles. The summed E-state index contributed by atoms with van der Waals surface area (Å²) in [5.74, 6) is 2.69. The van der Waals surface area contributed by atoms with Gasteiger partial charge in [-0.1, -0.05) is 6.92 Å². The van der Waals surface area contributed by atoms with Crippen LogP contribution in [0, 0.1) is 4.77 Å². The van der Waals surface area contributed by atoms with Crippen LogP contribution in [0.2, 0.25) is 0 Å². The van der Waals surface area contributed by atoms with Crippen LogP contribution >= 0.6 is 12.2 Å². The molecule has 0 amide bonds. The fourth-order valence-electron chi connectivity index (χ4n) is 2.29. The van der Waals surface area contributed by atoms with Crippen molar-refractivity contribution in [1.82, 2.24) is 14.9 Å². The number of aromatic amines is 1. The van der Waals surface area contributed by atoms with Gasteiger partial charge in [-0.05, 0) is 36.3 Å². The minimum absolute atomic E-state index is 0.542. The van der Waals surface area contributed by atoms with E-state index in [9.17, 15) is 0 Å². The van der Waals surface area contributed by atoms with E-state index in [-0.39, 0.29) is 0 Å². The van der Waals surface area contributed by atoms with E-state index in [1.807, 2.05) is 12.1 Å². The zero-order chi connectivity index (χ0) is 16.8. The molecule has 0 saturated heterocycles. The molecule has 0 aliphatic heterocycles. The first-order chi connectivity index (χ1) is 11.1. The summed E-state index contributed by atoms with van der Waals surface area (Å²) in [6, 6.07) is 3.80. The number of hydrogen-bond acceptors (Lipinski definition) is 6. The highest BCUT2D eigenvalue weighted by Gasteiger charge is 2.13. The van der Waals surface area contributed by atoms with E-state index in [0.29, 0.717) is 28.6 Å². The van der Waals surface area contributed by atoms with Crippen molar-refractivity contribution >= 4 is 12.2 Å². The first-order valence-corrected chi connectivity index (χ1v) is 7.74. The normalized spacial score (nSPS) is 10.4. The molecule has 0 fully saturated rings. The van der Waals surface area contributed by atoms with Gasteiger partial charge in [0.05, 0.1) is 27.9 Å². The van der Waals surface area contributed by atoms with Crippen LogP contribution in [0.25, 0.3) is 0 Å². The number of nitrogens with zero attached hydrogens (tertiary/aromatic N) is 2.